The van der Waals surface area contributed by atoms with Crippen molar-refractivity contribution in [3.05, 3.63) is 64.9 Å². The fraction of sp³-hybridized carbons (Fsp3) is 0.316. The Morgan fingerprint density at radius 2 is 1.79 bits per heavy atom. The highest BCUT2D eigenvalue weighted by Gasteiger charge is 2.19. The van der Waals surface area contributed by atoms with Crippen LogP contribution in [0.25, 0.3) is 5.52 Å². The van der Waals surface area contributed by atoms with Crippen LogP contribution in [0.3, 0.4) is 0 Å². The third-order valence-electron chi connectivity index (χ3n) is 4.78. The molecule has 0 amide bonds. The summed E-state index contributed by atoms with van der Waals surface area (Å²) < 4.78 is 1.98. The van der Waals surface area contributed by atoms with Crippen molar-refractivity contribution in [1.82, 2.24) is 14.5 Å². The first-order valence-corrected chi connectivity index (χ1v) is 8.73. The Morgan fingerprint density at radius 3 is 2.54 bits per heavy atom. The minimum atomic E-state index is 0.792. The van der Waals surface area contributed by atoms with E-state index in [2.05, 4.69) is 40.0 Å². The van der Waals surface area contributed by atoms with Crippen LogP contribution in [0, 0.1) is 6.92 Å². The second-order valence-corrected chi connectivity index (χ2v) is 6.83. The molecule has 0 radical (unpaired) electrons. The highest BCUT2D eigenvalue weighted by Crippen LogP contribution is 2.21. The Morgan fingerprint density at radius 1 is 1.04 bits per heavy atom. The van der Waals surface area contributed by atoms with Gasteiger partial charge in [-0.3, -0.25) is 4.90 Å². The van der Waals surface area contributed by atoms with Crippen LogP contribution < -0.4 is 4.90 Å². The molecule has 1 aliphatic heterocycles. The Hall–Kier alpha value is -2.04. The van der Waals surface area contributed by atoms with Gasteiger partial charge >= 0.3 is 0 Å². The largest absolute Gasteiger partial charge is 0.369 e. The lowest BCUT2D eigenvalue weighted by Crippen LogP contribution is -2.45. The van der Waals surface area contributed by atoms with E-state index >= 15 is 0 Å². The SMILES string of the molecule is Cc1cccn2ncc(CN3CCN(c4ccc(Cl)cc4)CC3)c12. The quantitative estimate of drug-likeness (QED) is 0.727. The number of rotatable bonds is 3. The van der Waals surface area contributed by atoms with Crippen LogP contribution in [0.15, 0.2) is 48.8 Å². The average Bonchev–Trinajstić information content (AvgIpc) is 3.01. The van der Waals surface area contributed by atoms with Gasteiger partial charge in [0.1, 0.15) is 0 Å². The van der Waals surface area contributed by atoms with Gasteiger partial charge in [-0.2, -0.15) is 5.10 Å². The first kappa shape index (κ1) is 15.5. The van der Waals surface area contributed by atoms with Crippen molar-refractivity contribution in [2.75, 3.05) is 31.1 Å². The van der Waals surface area contributed by atoms with Gasteiger partial charge in [-0.15, -0.1) is 0 Å². The van der Waals surface area contributed by atoms with E-state index in [-0.39, 0.29) is 0 Å². The van der Waals surface area contributed by atoms with Crippen LogP contribution in [0.2, 0.25) is 5.02 Å². The van der Waals surface area contributed by atoms with E-state index in [1.807, 2.05) is 35.1 Å². The maximum absolute atomic E-state index is 5.98. The molecule has 0 bridgehead atoms. The van der Waals surface area contributed by atoms with E-state index in [1.165, 1.54) is 22.3 Å². The van der Waals surface area contributed by atoms with Crippen molar-refractivity contribution in [3.8, 4) is 0 Å². The molecule has 3 heterocycles. The molecule has 0 atom stereocenters. The van der Waals surface area contributed by atoms with Crippen LogP contribution in [0.1, 0.15) is 11.1 Å². The molecule has 4 nitrogen and oxygen atoms in total. The molecule has 1 saturated heterocycles. The van der Waals surface area contributed by atoms with Gasteiger partial charge in [0, 0.05) is 55.2 Å². The Bertz CT molecular complexity index is 832. The zero-order chi connectivity index (χ0) is 16.5. The highest BCUT2D eigenvalue weighted by molar-refractivity contribution is 6.30. The number of benzene rings is 1. The van der Waals surface area contributed by atoms with Gasteiger partial charge in [-0.25, -0.2) is 4.52 Å². The van der Waals surface area contributed by atoms with Gasteiger partial charge in [0.25, 0.3) is 0 Å². The summed E-state index contributed by atoms with van der Waals surface area (Å²) in [5.41, 5.74) is 5.10. The predicted molar refractivity (Wildman–Crippen MR) is 98.9 cm³/mol. The number of anilines is 1. The van der Waals surface area contributed by atoms with Crippen molar-refractivity contribution in [3.63, 3.8) is 0 Å². The zero-order valence-corrected chi connectivity index (χ0v) is 14.6. The fourth-order valence-corrected chi connectivity index (χ4v) is 3.59. The lowest BCUT2D eigenvalue weighted by atomic mass is 10.1. The molecule has 1 fully saturated rings. The molecule has 0 spiro atoms. The number of aromatic nitrogens is 2. The monoisotopic (exact) mass is 340 g/mol. The first-order valence-electron chi connectivity index (χ1n) is 8.35. The number of halogens is 1. The minimum Gasteiger partial charge on any atom is -0.369 e. The fourth-order valence-electron chi connectivity index (χ4n) is 3.47. The summed E-state index contributed by atoms with van der Waals surface area (Å²) >= 11 is 5.98. The lowest BCUT2D eigenvalue weighted by molar-refractivity contribution is 0.250. The van der Waals surface area contributed by atoms with Gasteiger partial charge in [-0.1, -0.05) is 17.7 Å². The maximum atomic E-state index is 5.98. The molecule has 0 unspecified atom stereocenters. The Balaban J connectivity index is 1.43. The molecule has 4 rings (SSSR count). The lowest BCUT2D eigenvalue weighted by Gasteiger charge is -2.36. The van der Waals surface area contributed by atoms with E-state index in [0.717, 1.165) is 37.7 Å². The molecule has 24 heavy (non-hydrogen) atoms. The summed E-state index contributed by atoms with van der Waals surface area (Å²) in [5, 5.41) is 5.28. The molecule has 5 heteroatoms. The van der Waals surface area contributed by atoms with E-state index in [1.54, 1.807) is 0 Å². The number of piperazine rings is 1. The van der Waals surface area contributed by atoms with E-state index < -0.39 is 0 Å². The predicted octanol–water partition coefficient (Wildman–Crippen LogP) is 3.62. The van der Waals surface area contributed by atoms with E-state index in [9.17, 15) is 0 Å². The molecule has 2 aromatic heterocycles. The zero-order valence-electron chi connectivity index (χ0n) is 13.8. The number of pyridine rings is 1. The normalized spacial score (nSPS) is 16.0. The molecule has 0 N–H and O–H groups in total. The van der Waals surface area contributed by atoms with Gasteiger partial charge in [0.05, 0.1) is 11.7 Å². The molecule has 124 valence electrons. The van der Waals surface area contributed by atoms with Crippen molar-refractivity contribution in [1.29, 1.82) is 0 Å². The highest BCUT2D eigenvalue weighted by atomic mass is 35.5. The summed E-state index contributed by atoms with van der Waals surface area (Å²) in [4.78, 5) is 4.93. The first-order chi connectivity index (χ1) is 11.7. The third kappa shape index (κ3) is 2.99. The second-order valence-electron chi connectivity index (χ2n) is 6.39. The van der Waals surface area contributed by atoms with Gasteiger partial charge in [0.15, 0.2) is 0 Å². The van der Waals surface area contributed by atoms with Crippen LogP contribution in [-0.4, -0.2) is 40.7 Å². The van der Waals surface area contributed by atoms with Gasteiger partial charge in [-0.05, 0) is 42.8 Å². The van der Waals surface area contributed by atoms with E-state index in [0.29, 0.717) is 0 Å². The third-order valence-corrected chi connectivity index (χ3v) is 5.03. The van der Waals surface area contributed by atoms with Crippen molar-refractivity contribution < 1.29 is 0 Å². The number of hydrogen-bond donors (Lipinski definition) is 0. The summed E-state index contributed by atoms with van der Waals surface area (Å²) in [6.07, 6.45) is 4.03. The molecule has 3 aromatic rings. The number of fused-ring (bicyclic) bond motifs is 1. The van der Waals surface area contributed by atoms with E-state index in [4.69, 9.17) is 11.6 Å². The molecular formula is C19H21ClN4. The topological polar surface area (TPSA) is 23.8 Å². The molecule has 1 aliphatic rings. The standard InChI is InChI=1S/C19H21ClN4/c1-15-3-2-8-24-19(15)16(13-21-24)14-22-9-11-23(12-10-22)18-6-4-17(20)5-7-18/h2-8,13H,9-12,14H2,1H3. The van der Waals surface area contributed by atoms with Crippen molar-refractivity contribution >= 4 is 22.8 Å². The smallest absolute Gasteiger partial charge is 0.0735 e. The average molecular weight is 341 g/mol. The molecule has 0 saturated carbocycles. The molecule has 1 aromatic carbocycles. The number of nitrogens with zero attached hydrogens (tertiary/aromatic N) is 4. The second kappa shape index (κ2) is 6.46. The number of aryl methyl sites for hydroxylation is 1. The maximum Gasteiger partial charge on any atom is 0.0735 e. The minimum absolute atomic E-state index is 0.792. The Kier molecular flexibility index (Phi) is 4.17. The molecule has 0 aliphatic carbocycles. The van der Waals surface area contributed by atoms with Crippen molar-refractivity contribution in [2.24, 2.45) is 0 Å². The molecular weight excluding hydrogens is 320 g/mol. The van der Waals surface area contributed by atoms with Crippen LogP contribution >= 0.6 is 11.6 Å². The van der Waals surface area contributed by atoms with Gasteiger partial charge < -0.3 is 4.90 Å². The van der Waals surface area contributed by atoms with Crippen LogP contribution in [0.4, 0.5) is 5.69 Å². The van der Waals surface area contributed by atoms with Crippen molar-refractivity contribution in [2.45, 2.75) is 13.5 Å². The number of hydrogen-bond acceptors (Lipinski definition) is 3. The summed E-state index contributed by atoms with van der Waals surface area (Å²) in [7, 11) is 0. The van der Waals surface area contributed by atoms with Crippen LogP contribution in [0.5, 0.6) is 0 Å². The summed E-state index contributed by atoms with van der Waals surface area (Å²) in [6.45, 7) is 7.32. The van der Waals surface area contributed by atoms with Crippen LogP contribution in [-0.2, 0) is 6.54 Å². The Labute approximate surface area is 147 Å². The summed E-state index contributed by atoms with van der Waals surface area (Å²) in [6, 6.07) is 12.3. The van der Waals surface area contributed by atoms with Gasteiger partial charge in [0.2, 0.25) is 0 Å². The summed E-state index contributed by atoms with van der Waals surface area (Å²) in [5.74, 6) is 0.